The van der Waals surface area contributed by atoms with E-state index in [1.807, 2.05) is 0 Å². The van der Waals surface area contributed by atoms with Crippen molar-refractivity contribution in [3.8, 4) is 0 Å². The maximum absolute atomic E-state index is 12.5. The Labute approximate surface area is 96.1 Å². The summed E-state index contributed by atoms with van der Waals surface area (Å²) >= 11 is 0. The summed E-state index contributed by atoms with van der Waals surface area (Å²) in [4.78, 5) is 13.5. The van der Waals surface area contributed by atoms with Crippen LogP contribution in [-0.2, 0) is 5.60 Å². The third-order valence-corrected chi connectivity index (χ3v) is 2.19. The van der Waals surface area contributed by atoms with Crippen LogP contribution in [-0.4, -0.2) is 28.7 Å². The van der Waals surface area contributed by atoms with Crippen LogP contribution in [0.4, 0.5) is 26.3 Å². The zero-order chi connectivity index (χ0) is 14.2. The Hall–Kier alpha value is -1.64. The molecule has 1 aromatic heterocycles. The maximum Gasteiger partial charge on any atom is 0.430 e. The summed E-state index contributed by atoms with van der Waals surface area (Å²) in [5.41, 5.74) is -7.73. The first-order valence-corrected chi connectivity index (χ1v) is 4.31. The van der Waals surface area contributed by atoms with Crippen molar-refractivity contribution in [3.05, 3.63) is 29.6 Å². The lowest BCUT2D eigenvalue weighted by atomic mass is 9.90. The van der Waals surface area contributed by atoms with E-state index in [2.05, 4.69) is 4.98 Å². The number of halogens is 6. The molecule has 0 spiro atoms. The molecule has 1 heterocycles. The van der Waals surface area contributed by atoms with Gasteiger partial charge in [-0.05, 0) is 6.07 Å². The number of pyridine rings is 1. The van der Waals surface area contributed by atoms with Crippen molar-refractivity contribution in [2.24, 2.45) is 0 Å². The summed E-state index contributed by atoms with van der Waals surface area (Å²) in [5.74, 6) is 0. The molecule has 0 aliphatic heterocycles. The van der Waals surface area contributed by atoms with Crippen LogP contribution in [0.1, 0.15) is 15.9 Å². The second-order valence-electron chi connectivity index (χ2n) is 3.29. The lowest BCUT2D eigenvalue weighted by Crippen LogP contribution is -2.54. The Morgan fingerprint density at radius 1 is 1.11 bits per heavy atom. The van der Waals surface area contributed by atoms with Crippen LogP contribution >= 0.6 is 0 Å². The summed E-state index contributed by atoms with van der Waals surface area (Å²) in [5, 5.41) is 9.02. The lowest BCUT2D eigenvalue weighted by molar-refractivity contribution is -0.376. The molecule has 100 valence electrons. The van der Waals surface area contributed by atoms with E-state index in [0.29, 0.717) is 6.07 Å². The van der Waals surface area contributed by atoms with E-state index in [9.17, 15) is 31.1 Å². The average molecular weight is 273 g/mol. The van der Waals surface area contributed by atoms with E-state index in [4.69, 9.17) is 5.11 Å². The Morgan fingerprint density at radius 3 is 2.00 bits per heavy atom. The van der Waals surface area contributed by atoms with Crippen molar-refractivity contribution in [1.29, 1.82) is 0 Å². The second-order valence-corrected chi connectivity index (χ2v) is 3.29. The van der Waals surface area contributed by atoms with Gasteiger partial charge in [-0.3, -0.25) is 9.78 Å². The van der Waals surface area contributed by atoms with Gasteiger partial charge in [0.05, 0.1) is 0 Å². The molecule has 0 saturated carbocycles. The van der Waals surface area contributed by atoms with E-state index < -0.39 is 29.1 Å². The topological polar surface area (TPSA) is 50.2 Å². The molecule has 3 nitrogen and oxygen atoms in total. The molecule has 9 heteroatoms. The highest BCUT2D eigenvalue weighted by Crippen LogP contribution is 2.50. The third kappa shape index (κ3) is 2.05. The molecule has 0 aliphatic rings. The molecule has 0 fully saturated rings. The first kappa shape index (κ1) is 14.4. The Kier molecular flexibility index (Phi) is 3.39. The summed E-state index contributed by atoms with van der Waals surface area (Å²) < 4.78 is 74.9. The van der Waals surface area contributed by atoms with Gasteiger partial charge in [0.2, 0.25) is 0 Å². The van der Waals surface area contributed by atoms with Crippen LogP contribution in [0, 0.1) is 0 Å². The second kappa shape index (κ2) is 4.23. The summed E-state index contributed by atoms with van der Waals surface area (Å²) in [7, 11) is 0. The average Bonchev–Trinajstić information content (AvgIpc) is 2.24. The predicted molar refractivity (Wildman–Crippen MR) is 45.6 cm³/mol. The number of rotatable bonds is 2. The van der Waals surface area contributed by atoms with Gasteiger partial charge in [-0.15, -0.1) is 0 Å². The maximum atomic E-state index is 12.5. The van der Waals surface area contributed by atoms with Crippen LogP contribution in [0.15, 0.2) is 18.5 Å². The number of carbonyl (C=O) groups is 1. The number of aromatic nitrogens is 1. The number of alkyl halides is 6. The molecule has 0 bridgehead atoms. The summed E-state index contributed by atoms with van der Waals surface area (Å²) in [6.07, 6.45) is -11.3. The SMILES string of the molecule is O=Cc1ccncc1C(O)(C(F)(F)F)C(F)(F)F. The van der Waals surface area contributed by atoms with Crippen molar-refractivity contribution in [2.45, 2.75) is 18.0 Å². The normalized spacial score (nSPS) is 13.5. The monoisotopic (exact) mass is 273 g/mol. The zero-order valence-electron chi connectivity index (χ0n) is 8.38. The molecule has 1 rings (SSSR count). The Bertz CT molecular complexity index is 439. The minimum absolute atomic E-state index is 0.157. The first-order valence-electron chi connectivity index (χ1n) is 4.31. The van der Waals surface area contributed by atoms with Crippen molar-refractivity contribution in [3.63, 3.8) is 0 Å². The van der Waals surface area contributed by atoms with Crippen molar-refractivity contribution < 1.29 is 36.2 Å². The minimum atomic E-state index is -6.04. The highest BCUT2D eigenvalue weighted by molar-refractivity contribution is 5.77. The molecule has 0 aliphatic carbocycles. The number of hydrogen-bond donors (Lipinski definition) is 1. The van der Waals surface area contributed by atoms with Gasteiger partial charge in [-0.2, -0.15) is 26.3 Å². The molecular formula is C9H5F6NO2. The molecule has 1 aromatic rings. The number of aliphatic hydroxyl groups is 1. The molecule has 0 amide bonds. The molecule has 0 aromatic carbocycles. The minimum Gasteiger partial charge on any atom is -0.369 e. The van der Waals surface area contributed by atoms with Crippen LogP contribution in [0.2, 0.25) is 0 Å². The largest absolute Gasteiger partial charge is 0.430 e. The highest BCUT2D eigenvalue weighted by Gasteiger charge is 2.72. The van der Waals surface area contributed by atoms with Crippen molar-refractivity contribution in [2.75, 3.05) is 0 Å². The fourth-order valence-corrected chi connectivity index (χ4v) is 1.28. The summed E-state index contributed by atoms with van der Waals surface area (Å²) in [6, 6.07) is 0.644. The molecule has 1 N–H and O–H groups in total. The first-order chi connectivity index (χ1) is 8.05. The van der Waals surface area contributed by atoms with Crippen LogP contribution in [0.25, 0.3) is 0 Å². The van der Waals surface area contributed by atoms with E-state index in [-0.39, 0.29) is 12.5 Å². The van der Waals surface area contributed by atoms with E-state index in [0.717, 1.165) is 6.20 Å². The Balaban J connectivity index is 3.61. The quantitative estimate of drug-likeness (QED) is 0.664. The molecular weight excluding hydrogens is 268 g/mol. The standard InChI is InChI=1S/C9H5F6NO2/c10-8(11,12)7(18,9(13,14)15)6-3-16-2-1-5(6)4-17/h1-4,18H. The molecule has 0 atom stereocenters. The summed E-state index contributed by atoms with van der Waals surface area (Å²) in [6.45, 7) is 0. The van der Waals surface area contributed by atoms with Gasteiger partial charge in [0.25, 0.3) is 5.60 Å². The van der Waals surface area contributed by atoms with Gasteiger partial charge in [-0.25, -0.2) is 0 Å². The van der Waals surface area contributed by atoms with Gasteiger partial charge in [-0.1, -0.05) is 0 Å². The molecule has 18 heavy (non-hydrogen) atoms. The van der Waals surface area contributed by atoms with Crippen molar-refractivity contribution in [1.82, 2.24) is 4.98 Å². The lowest BCUT2D eigenvalue weighted by Gasteiger charge is -2.32. The number of hydrogen-bond acceptors (Lipinski definition) is 3. The number of carbonyl (C=O) groups excluding carboxylic acids is 1. The van der Waals surface area contributed by atoms with Gasteiger partial charge in [0.15, 0.2) is 6.29 Å². The highest BCUT2D eigenvalue weighted by atomic mass is 19.4. The molecule has 0 saturated heterocycles. The number of aldehydes is 1. The van der Waals surface area contributed by atoms with Gasteiger partial charge in [0.1, 0.15) is 0 Å². The van der Waals surface area contributed by atoms with E-state index >= 15 is 0 Å². The fraction of sp³-hybridized carbons (Fsp3) is 0.333. The predicted octanol–water partition coefficient (Wildman–Crippen LogP) is 2.21. The molecule has 0 radical (unpaired) electrons. The number of nitrogens with zero attached hydrogens (tertiary/aromatic N) is 1. The van der Waals surface area contributed by atoms with Crippen molar-refractivity contribution >= 4 is 6.29 Å². The van der Waals surface area contributed by atoms with Gasteiger partial charge in [0, 0.05) is 23.5 Å². The fourth-order valence-electron chi connectivity index (χ4n) is 1.28. The van der Waals surface area contributed by atoms with E-state index in [1.54, 1.807) is 0 Å². The zero-order valence-corrected chi connectivity index (χ0v) is 8.38. The van der Waals surface area contributed by atoms with Crippen LogP contribution < -0.4 is 0 Å². The third-order valence-electron chi connectivity index (χ3n) is 2.19. The van der Waals surface area contributed by atoms with E-state index in [1.165, 1.54) is 0 Å². The van der Waals surface area contributed by atoms with Crippen LogP contribution in [0.3, 0.4) is 0 Å². The van der Waals surface area contributed by atoms with Gasteiger partial charge < -0.3 is 5.11 Å². The molecule has 0 unspecified atom stereocenters. The van der Waals surface area contributed by atoms with Gasteiger partial charge >= 0.3 is 12.4 Å². The Morgan fingerprint density at radius 2 is 1.61 bits per heavy atom. The smallest absolute Gasteiger partial charge is 0.369 e. The van der Waals surface area contributed by atoms with Crippen LogP contribution in [0.5, 0.6) is 0 Å².